The first-order valence-electron chi connectivity index (χ1n) is 8.72. The highest BCUT2D eigenvalue weighted by atomic mass is 16.3. The molecule has 0 bridgehead atoms. The van der Waals surface area contributed by atoms with Crippen molar-refractivity contribution in [3.63, 3.8) is 0 Å². The average molecular weight is 348 g/mol. The van der Waals surface area contributed by atoms with Gasteiger partial charge in [0.05, 0.1) is 6.04 Å². The number of amides is 2. The first-order valence-corrected chi connectivity index (χ1v) is 8.72. The van der Waals surface area contributed by atoms with Crippen LogP contribution in [0.5, 0.6) is 0 Å². The summed E-state index contributed by atoms with van der Waals surface area (Å²) in [6, 6.07) is 8.82. The summed E-state index contributed by atoms with van der Waals surface area (Å²) in [4.78, 5) is 20.9. The van der Waals surface area contributed by atoms with E-state index < -0.39 is 0 Å². The Kier molecular flexibility index (Phi) is 4.39. The number of oxazole rings is 1. The zero-order valence-electron chi connectivity index (χ0n) is 14.3. The minimum absolute atomic E-state index is 0.159. The Morgan fingerprint density at radius 3 is 2.85 bits per heavy atom. The molecular formula is C20H20N4O2. The lowest BCUT2D eigenvalue weighted by molar-refractivity contribution is 0.248. The number of fused-ring (bicyclic) bond motifs is 1. The summed E-state index contributed by atoms with van der Waals surface area (Å²) >= 11 is 0. The molecule has 1 unspecified atom stereocenters. The van der Waals surface area contributed by atoms with Gasteiger partial charge in [0, 0.05) is 24.0 Å². The zero-order valence-corrected chi connectivity index (χ0v) is 14.3. The number of urea groups is 1. The van der Waals surface area contributed by atoms with E-state index in [-0.39, 0.29) is 12.1 Å². The number of hydrogen-bond donors (Lipinski definition) is 2. The number of nitrogens with zero attached hydrogens (tertiary/aromatic N) is 2. The molecule has 1 saturated carbocycles. The van der Waals surface area contributed by atoms with Gasteiger partial charge in [-0.05, 0) is 55.2 Å². The largest absolute Gasteiger partial charge is 0.440 e. The predicted octanol–water partition coefficient (Wildman–Crippen LogP) is 4.54. The third kappa shape index (κ3) is 3.59. The predicted molar refractivity (Wildman–Crippen MR) is 99.9 cm³/mol. The van der Waals surface area contributed by atoms with Gasteiger partial charge in [0.1, 0.15) is 5.52 Å². The molecule has 1 fully saturated rings. The molecular weight excluding hydrogens is 328 g/mol. The van der Waals surface area contributed by atoms with Crippen LogP contribution >= 0.6 is 0 Å². The molecule has 4 rings (SSSR count). The number of pyridine rings is 1. The second-order valence-electron chi connectivity index (χ2n) is 6.46. The van der Waals surface area contributed by atoms with Gasteiger partial charge in [0.15, 0.2) is 11.5 Å². The maximum absolute atomic E-state index is 12.4. The number of benzene rings is 1. The van der Waals surface area contributed by atoms with Gasteiger partial charge in [0.2, 0.25) is 0 Å². The molecule has 1 aromatic carbocycles. The Labute approximate surface area is 151 Å². The van der Waals surface area contributed by atoms with Crippen LogP contribution < -0.4 is 10.6 Å². The van der Waals surface area contributed by atoms with Crippen molar-refractivity contribution in [2.45, 2.75) is 31.2 Å². The van der Waals surface area contributed by atoms with E-state index in [1.165, 1.54) is 0 Å². The zero-order chi connectivity index (χ0) is 17.9. The Morgan fingerprint density at radius 2 is 2.12 bits per heavy atom. The topological polar surface area (TPSA) is 80.0 Å². The van der Waals surface area contributed by atoms with Crippen LogP contribution in [-0.2, 0) is 0 Å². The molecule has 26 heavy (non-hydrogen) atoms. The lowest BCUT2D eigenvalue weighted by Gasteiger charge is -2.18. The van der Waals surface area contributed by atoms with Crippen LogP contribution in [0.4, 0.5) is 10.5 Å². The smallest absolute Gasteiger partial charge is 0.319 e. The van der Waals surface area contributed by atoms with Crippen molar-refractivity contribution in [2.75, 3.05) is 5.32 Å². The molecule has 1 atom stereocenters. The maximum Gasteiger partial charge on any atom is 0.319 e. The first-order chi connectivity index (χ1) is 12.7. The summed E-state index contributed by atoms with van der Waals surface area (Å²) in [6.45, 7) is 3.77. The van der Waals surface area contributed by atoms with E-state index in [4.69, 9.17) is 4.42 Å². The molecule has 132 valence electrons. The Bertz CT molecular complexity index is 931. The molecule has 0 radical (unpaired) electrons. The monoisotopic (exact) mass is 348 g/mol. The molecule has 6 nitrogen and oxygen atoms in total. The summed E-state index contributed by atoms with van der Waals surface area (Å²) in [5, 5.41) is 5.84. The van der Waals surface area contributed by atoms with Crippen LogP contribution in [0, 0.1) is 0 Å². The molecule has 2 aromatic heterocycles. The van der Waals surface area contributed by atoms with Crippen LogP contribution in [0.2, 0.25) is 0 Å². The molecule has 0 aliphatic heterocycles. The van der Waals surface area contributed by atoms with Crippen molar-refractivity contribution in [1.82, 2.24) is 15.3 Å². The second kappa shape index (κ2) is 7.00. The van der Waals surface area contributed by atoms with Crippen molar-refractivity contribution < 1.29 is 9.21 Å². The molecule has 6 heteroatoms. The van der Waals surface area contributed by atoms with Crippen LogP contribution in [-0.4, -0.2) is 16.0 Å². The fraction of sp³-hybridized carbons (Fsp3) is 0.250. The molecule has 0 saturated heterocycles. The van der Waals surface area contributed by atoms with Gasteiger partial charge >= 0.3 is 6.03 Å². The molecule has 1 aliphatic carbocycles. The highest BCUT2D eigenvalue weighted by Crippen LogP contribution is 2.40. The fourth-order valence-electron chi connectivity index (χ4n) is 2.89. The van der Waals surface area contributed by atoms with E-state index in [2.05, 4.69) is 27.2 Å². The number of anilines is 1. The number of carbonyl (C=O) groups is 1. The third-order valence-electron chi connectivity index (χ3n) is 4.40. The number of nitrogens with one attached hydrogen (secondary N) is 2. The minimum Gasteiger partial charge on any atom is -0.440 e. The van der Waals surface area contributed by atoms with Crippen molar-refractivity contribution in [3.8, 4) is 0 Å². The second-order valence-corrected chi connectivity index (χ2v) is 6.46. The van der Waals surface area contributed by atoms with Gasteiger partial charge in [-0.1, -0.05) is 6.08 Å². The molecule has 2 amide bonds. The molecule has 2 heterocycles. The standard InChI is InChI=1S/C20H20N4O2/c1-2-3-16(13-8-10-21-11-9-13)24-20(25)22-15-6-7-18-17(12-15)23-19(26-18)14-4-5-14/h2,6-12,14,16H,1,3-5H2,(H2,22,24,25). The van der Waals surface area contributed by atoms with Crippen molar-refractivity contribution in [2.24, 2.45) is 0 Å². The van der Waals surface area contributed by atoms with Gasteiger partial charge in [-0.15, -0.1) is 6.58 Å². The summed E-state index contributed by atoms with van der Waals surface area (Å²) < 4.78 is 5.75. The highest BCUT2D eigenvalue weighted by Gasteiger charge is 2.28. The number of carbonyl (C=O) groups excluding carboxylic acids is 1. The SMILES string of the molecule is C=CCC(NC(=O)Nc1ccc2oc(C3CC3)nc2c1)c1ccncc1. The Morgan fingerprint density at radius 1 is 1.31 bits per heavy atom. The van der Waals surface area contributed by atoms with Crippen LogP contribution in [0.25, 0.3) is 11.1 Å². The van der Waals surface area contributed by atoms with Crippen LogP contribution in [0.15, 0.2) is 59.8 Å². The van der Waals surface area contributed by atoms with E-state index in [1.54, 1.807) is 18.5 Å². The lowest BCUT2D eigenvalue weighted by Crippen LogP contribution is -2.32. The minimum atomic E-state index is -0.279. The summed E-state index contributed by atoms with van der Waals surface area (Å²) in [5.41, 5.74) is 3.18. The van der Waals surface area contributed by atoms with E-state index in [0.29, 0.717) is 18.0 Å². The van der Waals surface area contributed by atoms with E-state index in [1.807, 2.05) is 30.3 Å². The first kappa shape index (κ1) is 16.3. The molecule has 0 spiro atoms. The van der Waals surface area contributed by atoms with E-state index in [0.717, 1.165) is 35.4 Å². The van der Waals surface area contributed by atoms with Crippen molar-refractivity contribution in [3.05, 3.63) is 66.8 Å². The van der Waals surface area contributed by atoms with Crippen molar-refractivity contribution in [1.29, 1.82) is 0 Å². The number of hydrogen-bond acceptors (Lipinski definition) is 4. The van der Waals surface area contributed by atoms with E-state index >= 15 is 0 Å². The highest BCUT2D eigenvalue weighted by molar-refractivity contribution is 5.91. The molecule has 2 N–H and O–H groups in total. The Hall–Kier alpha value is -3.15. The number of aromatic nitrogens is 2. The lowest BCUT2D eigenvalue weighted by atomic mass is 10.1. The maximum atomic E-state index is 12.4. The average Bonchev–Trinajstić information content (AvgIpc) is 3.41. The third-order valence-corrected chi connectivity index (χ3v) is 4.40. The van der Waals surface area contributed by atoms with Gasteiger partial charge in [-0.2, -0.15) is 0 Å². The van der Waals surface area contributed by atoms with Crippen LogP contribution in [0.3, 0.4) is 0 Å². The Balaban J connectivity index is 1.46. The summed E-state index contributed by atoms with van der Waals surface area (Å²) in [7, 11) is 0. The van der Waals surface area contributed by atoms with Crippen molar-refractivity contribution >= 4 is 22.8 Å². The van der Waals surface area contributed by atoms with Gasteiger partial charge in [0.25, 0.3) is 0 Å². The molecule has 1 aliphatic rings. The normalized spacial score (nSPS) is 14.8. The quantitative estimate of drug-likeness (QED) is 0.641. The summed E-state index contributed by atoms with van der Waals surface area (Å²) in [5.74, 6) is 1.26. The van der Waals surface area contributed by atoms with Gasteiger partial charge < -0.3 is 15.1 Å². The van der Waals surface area contributed by atoms with Gasteiger partial charge in [-0.25, -0.2) is 9.78 Å². The van der Waals surface area contributed by atoms with E-state index in [9.17, 15) is 4.79 Å². The van der Waals surface area contributed by atoms with Gasteiger partial charge in [-0.3, -0.25) is 4.98 Å². The van der Waals surface area contributed by atoms with Crippen LogP contribution in [0.1, 0.15) is 42.7 Å². The molecule has 3 aromatic rings. The number of rotatable bonds is 6. The fourth-order valence-corrected chi connectivity index (χ4v) is 2.89. The summed E-state index contributed by atoms with van der Waals surface area (Å²) in [6.07, 6.45) is 8.11.